The third-order valence-corrected chi connectivity index (χ3v) is 6.58. The van der Waals surface area contributed by atoms with Gasteiger partial charge in [0.25, 0.3) is 10.2 Å². The van der Waals surface area contributed by atoms with Gasteiger partial charge in [-0.15, -0.1) is 0 Å². The third-order valence-electron chi connectivity index (χ3n) is 4.42. The van der Waals surface area contributed by atoms with E-state index in [9.17, 15) is 13.2 Å². The van der Waals surface area contributed by atoms with Crippen LogP contribution in [0, 0.1) is 5.92 Å². The van der Waals surface area contributed by atoms with E-state index in [2.05, 4.69) is 5.32 Å². The van der Waals surface area contributed by atoms with Gasteiger partial charge in [0.15, 0.2) is 0 Å². The van der Waals surface area contributed by atoms with Gasteiger partial charge < -0.3 is 5.32 Å². The number of carbonyl (C=O) groups excluding carboxylic acids is 1. The van der Waals surface area contributed by atoms with Gasteiger partial charge in [-0.3, -0.25) is 4.79 Å². The fourth-order valence-electron chi connectivity index (χ4n) is 3.01. The number of rotatable bonds is 7. The number of hydrogen-bond donors (Lipinski definition) is 1. The van der Waals surface area contributed by atoms with Gasteiger partial charge in [-0.2, -0.15) is 17.0 Å². The largest absolute Gasteiger partial charge is 0.352 e. The summed E-state index contributed by atoms with van der Waals surface area (Å²) in [5.74, 6) is -0.355. The lowest BCUT2D eigenvalue weighted by Crippen LogP contribution is -2.50. The van der Waals surface area contributed by atoms with E-state index in [0.29, 0.717) is 32.6 Å². The van der Waals surface area contributed by atoms with Crippen molar-refractivity contribution in [2.24, 2.45) is 5.92 Å². The number of benzene rings is 1. The molecule has 0 unspecified atom stereocenters. The van der Waals surface area contributed by atoms with Crippen molar-refractivity contribution in [2.45, 2.75) is 33.2 Å². The number of amides is 1. The quantitative estimate of drug-likeness (QED) is 0.809. The number of carbonyl (C=O) groups is 1. The molecule has 0 saturated carbocycles. The molecule has 0 radical (unpaired) electrons. The van der Waals surface area contributed by atoms with Crippen molar-refractivity contribution in [2.75, 3.05) is 26.2 Å². The molecule has 1 aliphatic heterocycles. The Balaban J connectivity index is 1.96. The van der Waals surface area contributed by atoms with Crippen LogP contribution in [-0.4, -0.2) is 49.1 Å². The van der Waals surface area contributed by atoms with Gasteiger partial charge in [0.2, 0.25) is 5.91 Å². The number of nitrogens with one attached hydrogen (secondary N) is 1. The van der Waals surface area contributed by atoms with Crippen molar-refractivity contribution in [3.8, 4) is 0 Å². The molecule has 1 aromatic carbocycles. The number of piperidine rings is 1. The Morgan fingerprint density at radius 2 is 1.92 bits per heavy atom. The molecule has 0 spiro atoms. The summed E-state index contributed by atoms with van der Waals surface area (Å²) in [7, 11) is -3.47. The number of hydrogen-bond acceptors (Lipinski definition) is 3. The smallest absolute Gasteiger partial charge is 0.281 e. The summed E-state index contributed by atoms with van der Waals surface area (Å²) in [6.45, 7) is 5.77. The molecule has 0 aliphatic carbocycles. The van der Waals surface area contributed by atoms with Gasteiger partial charge in [0.05, 0.1) is 5.92 Å². The van der Waals surface area contributed by atoms with Crippen LogP contribution in [0.1, 0.15) is 32.3 Å². The van der Waals surface area contributed by atoms with Crippen molar-refractivity contribution in [3.05, 3.63) is 35.9 Å². The van der Waals surface area contributed by atoms with Crippen LogP contribution in [0.5, 0.6) is 0 Å². The highest BCUT2D eigenvalue weighted by Gasteiger charge is 2.34. The molecule has 1 fully saturated rings. The molecule has 1 aromatic rings. The van der Waals surface area contributed by atoms with Crippen LogP contribution in [0.2, 0.25) is 0 Å². The molecule has 0 bridgehead atoms. The minimum atomic E-state index is -3.47. The van der Waals surface area contributed by atoms with E-state index in [1.807, 2.05) is 44.2 Å². The molecule has 0 aromatic heterocycles. The van der Waals surface area contributed by atoms with Crippen LogP contribution in [-0.2, 0) is 21.5 Å². The average Bonchev–Trinajstić information content (AvgIpc) is 2.61. The Morgan fingerprint density at radius 1 is 1.25 bits per heavy atom. The highest BCUT2D eigenvalue weighted by Crippen LogP contribution is 2.21. The zero-order chi connectivity index (χ0) is 17.6. The van der Waals surface area contributed by atoms with Gasteiger partial charge >= 0.3 is 0 Å². The van der Waals surface area contributed by atoms with Crippen LogP contribution < -0.4 is 5.32 Å². The molecule has 2 rings (SSSR count). The topological polar surface area (TPSA) is 69.7 Å². The fourth-order valence-corrected chi connectivity index (χ4v) is 4.72. The summed E-state index contributed by atoms with van der Waals surface area (Å²) in [4.78, 5) is 12.4. The molecule has 24 heavy (non-hydrogen) atoms. The zero-order valence-corrected chi connectivity index (χ0v) is 15.3. The minimum absolute atomic E-state index is 0.0710. The van der Waals surface area contributed by atoms with Crippen molar-refractivity contribution >= 4 is 16.1 Å². The van der Waals surface area contributed by atoms with E-state index in [0.717, 1.165) is 12.0 Å². The second kappa shape index (κ2) is 8.60. The average molecular weight is 353 g/mol. The normalized spacial score (nSPS) is 19.4. The molecular weight excluding hydrogens is 326 g/mol. The summed E-state index contributed by atoms with van der Waals surface area (Å²) >= 11 is 0. The van der Waals surface area contributed by atoms with Gasteiger partial charge in [-0.1, -0.05) is 44.2 Å². The first-order chi connectivity index (χ1) is 11.5. The monoisotopic (exact) mass is 353 g/mol. The molecule has 1 N–H and O–H groups in total. The SMILES string of the molecule is CCN(CC)S(=O)(=O)N1CCC[C@@H](C(=O)NCc2ccccc2)C1. The Kier molecular flexibility index (Phi) is 6.77. The highest BCUT2D eigenvalue weighted by atomic mass is 32.2. The van der Waals surface area contributed by atoms with Crippen LogP contribution in [0.3, 0.4) is 0 Å². The first-order valence-corrected chi connectivity index (χ1v) is 9.95. The summed E-state index contributed by atoms with van der Waals surface area (Å²) < 4.78 is 28.1. The maximum Gasteiger partial charge on any atom is 0.281 e. The zero-order valence-electron chi connectivity index (χ0n) is 14.4. The van der Waals surface area contributed by atoms with Crippen molar-refractivity contribution in [1.82, 2.24) is 13.9 Å². The van der Waals surface area contributed by atoms with E-state index in [-0.39, 0.29) is 18.4 Å². The van der Waals surface area contributed by atoms with Crippen LogP contribution in [0.25, 0.3) is 0 Å². The Morgan fingerprint density at radius 3 is 2.54 bits per heavy atom. The van der Waals surface area contributed by atoms with Gasteiger partial charge in [-0.05, 0) is 18.4 Å². The molecule has 6 nitrogen and oxygen atoms in total. The second-order valence-electron chi connectivity index (χ2n) is 5.99. The predicted molar refractivity (Wildman–Crippen MR) is 94.4 cm³/mol. The Bertz CT molecular complexity index is 630. The molecule has 1 atom stereocenters. The molecule has 134 valence electrons. The van der Waals surface area contributed by atoms with Crippen molar-refractivity contribution in [1.29, 1.82) is 0 Å². The van der Waals surface area contributed by atoms with Crippen molar-refractivity contribution in [3.63, 3.8) is 0 Å². The Hall–Kier alpha value is -1.44. The standard InChI is InChI=1S/C17H27N3O3S/c1-3-19(4-2)24(22,23)20-12-8-11-16(14-20)17(21)18-13-15-9-6-5-7-10-15/h5-7,9-10,16H,3-4,8,11-14H2,1-2H3,(H,18,21)/t16-/m1/s1. The maximum absolute atomic E-state index is 12.6. The third kappa shape index (κ3) is 4.55. The van der Waals surface area contributed by atoms with E-state index < -0.39 is 10.2 Å². The lowest BCUT2D eigenvalue weighted by molar-refractivity contribution is -0.126. The minimum Gasteiger partial charge on any atom is -0.352 e. The summed E-state index contributed by atoms with van der Waals surface area (Å²) in [5, 5.41) is 2.92. The molecule has 7 heteroatoms. The summed E-state index contributed by atoms with van der Waals surface area (Å²) in [6, 6.07) is 9.71. The lowest BCUT2D eigenvalue weighted by Gasteiger charge is -2.34. The second-order valence-corrected chi connectivity index (χ2v) is 7.92. The lowest BCUT2D eigenvalue weighted by atomic mass is 9.99. The van der Waals surface area contributed by atoms with Crippen LogP contribution in [0.4, 0.5) is 0 Å². The van der Waals surface area contributed by atoms with E-state index in [1.54, 1.807) is 0 Å². The maximum atomic E-state index is 12.6. The number of nitrogens with zero attached hydrogens (tertiary/aromatic N) is 2. The van der Waals surface area contributed by atoms with Gasteiger partial charge in [-0.25, -0.2) is 0 Å². The van der Waals surface area contributed by atoms with Gasteiger partial charge in [0, 0.05) is 32.7 Å². The van der Waals surface area contributed by atoms with E-state index in [1.165, 1.54) is 8.61 Å². The molecule has 1 heterocycles. The summed E-state index contributed by atoms with van der Waals surface area (Å²) in [5.41, 5.74) is 1.04. The van der Waals surface area contributed by atoms with Crippen molar-refractivity contribution < 1.29 is 13.2 Å². The van der Waals surface area contributed by atoms with Crippen LogP contribution >= 0.6 is 0 Å². The summed E-state index contributed by atoms with van der Waals surface area (Å²) in [6.07, 6.45) is 1.44. The molecule has 1 amide bonds. The highest BCUT2D eigenvalue weighted by molar-refractivity contribution is 7.86. The predicted octanol–water partition coefficient (Wildman–Crippen LogP) is 1.60. The van der Waals surface area contributed by atoms with Crippen LogP contribution in [0.15, 0.2) is 30.3 Å². The first kappa shape index (κ1) is 18.9. The fraction of sp³-hybridized carbons (Fsp3) is 0.588. The van der Waals surface area contributed by atoms with E-state index >= 15 is 0 Å². The van der Waals surface area contributed by atoms with Gasteiger partial charge in [0.1, 0.15) is 0 Å². The van der Waals surface area contributed by atoms with E-state index in [4.69, 9.17) is 0 Å². The first-order valence-electron chi connectivity index (χ1n) is 8.55. The molecule has 1 saturated heterocycles. The molecule has 1 aliphatic rings. The Labute approximate surface area is 145 Å². The molecular formula is C17H27N3O3S.